The second-order valence-electron chi connectivity index (χ2n) is 6.04. The molecular weight excluding hydrogens is 400 g/mol. The van der Waals surface area contributed by atoms with Crippen molar-refractivity contribution in [1.82, 2.24) is 4.72 Å². The van der Waals surface area contributed by atoms with E-state index in [2.05, 4.69) is 16.1 Å². The van der Waals surface area contributed by atoms with Crippen LogP contribution < -0.4 is 10.0 Å². The predicted octanol–water partition coefficient (Wildman–Crippen LogP) is 4.11. The number of anilines is 1. The molecule has 2 aromatic carbocycles. The number of rotatable bonds is 6. The summed E-state index contributed by atoms with van der Waals surface area (Å²) >= 11 is 3.85. The van der Waals surface area contributed by atoms with Gasteiger partial charge in [-0.1, -0.05) is 25.1 Å². The van der Waals surface area contributed by atoms with Gasteiger partial charge >= 0.3 is 0 Å². The van der Waals surface area contributed by atoms with Gasteiger partial charge in [0.25, 0.3) is 5.91 Å². The zero-order valence-electron chi connectivity index (χ0n) is 15.0. The number of hydrogen-bond acceptors (Lipinski definition) is 5. The molecule has 0 unspecified atom stereocenters. The normalized spacial score (nSPS) is 15.4. The van der Waals surface area contributed by atoms with Crippen LogP contribution in [0.2, 0.25) is 0 Å². The molecule has 0 radical (unpaired) electrons. The molecule has 144 valence electrons. The second-order valence-corrected chi connectivity index (χ2v) is 10.5. The molecule has 1 aliphatic heterocycles. The van der Waals surface area contributed by atoms with Crippen LogP contribution in [0.3, 0.4) is 0 Å². The molecule has 0 aliphatic carbocycles. The first-order valence-electron chi connectivity index (χ1n) is 8.74. The van der Waals surface area contributed by atoms with Crippen LogP contribution in [-0.2, 0) is 10.0 Å². The summed E-state index contributed by atoms with van der Waals surface area (Å²) in [7, 11) is -3.60. The number of thioether (sulfide) groups is 2. The summed E-state index contributed by atoms with van der Waals surface area (Å²) in [5.74, 6) is 1.98. The van der Waals surface area contributed by atoms with Crippen LogP contribution in [0.5, 0.6) is 0 Å². The summed E-state index contributed by atoms with van der Waals surface area (Å²) in [6.45, 7) is 2.01. The number of amides is 1. The third-order valence-corrected chi connectivity index (χ3v) is 8.54. The predicted molar refractivity (Wildman–Crippen MR) is 114 cm³/mol. The van der Waals surface area contributed by atoms with E-state index in [1.165, 1.54) is 24.1 Å². The van der Waals surface area contributed by atoms with Crippen molar-refractivity contribution in [3.05, 3.63) is 59.7 Å². The zero-order chi connectivity index (χ0) is 19.3. The molecule has 1 heterocycles. The van der Waals surface area contributed by atoms with Gasteiger partial charge in [0.1, 0.15) is 0 Å². The molecule has 0 spiro atoms. The Hall–Kier alpha value is -1.48. The van der Waals surface area contributed by atoms with Crippen LogP contribution in [0.4, 0.5) is 5.69 Å². The topological polar surface area (TPSA) is 75.3 Å². The lowest BCUT2D eigenvalue weighted by Crippen LogP contribution is -2.23. The highest BCUT2D eigenvalue weighted by Crippen LogP contribution is 2.44. The van der Waals surface area contributed by atoms with Crippen LogP contribution >= 0.6 is 23.5 Å². The molecule has 3 rings (SSSR count). The minimum absolute atomic E-state index is 0.0840. The van der Waals surface area contributed by atoms with Gasteiger partial charge in [-0.25, -0.2) is 13.1 Å². The highest BCUT2D eigenvalue weighted by Gasteiger charge is 2.18. The van der Waals surface area contributed by atoms with Crippen LogP contribution in [0.25, 0.3) is 0 Å². The molecule has 8 heteroatoms. The van der Waals surface area contributed by atoms with Crippen molar-refractivity contribution >= 4 is 45.1 Å². The lowest BCUT2D eigenvalue weighted by Gasteiger charge is -2.21. The van der Waals surface area contributed by atoms with Gasteiger partial charge in [-0.15, -0.1) is 23.5 Å². The summed E-state index contributed by atoms with van der Waals surface area (Å²) < 4.78 is 27.1. The average Bonchev–Trinajstić information content (AvgIpc) is 2.69. The standard InChI is InChI=1S/C19H22N2O3S3/c1-2-20-27(23,24)17-9-4-6-14(13-17)18(22)21-16-8-3-7-15(12-16)19-25-10-5-11-26-19/h3-4,6-9,12-13,19-20H,2,5,10-11H2,1H3,(H,21,22). The van der Waals surface area contributed by atoms with Crippen LogP contribution in [0.15, 0.2) is 53.4 Å². The summed E-state index contributed by atoms with van der Waals surface area (Å²) in [5, 5.41) is 2.88. The second kappa shape index (κ2) is 9.14. The maximum atomic E-state index is 12.6. The molecule has 0 saturated carbocycles. The molecule has 1 saturated heterocycles. The van der Waals surface area contributed by atoms with E-state index in [9.17, 15) is 13.2 Å². The molecule has 0 bridgehead atoms. The van der Waals surface area contributed by atoms with Gasteiger partial charge in [0.15, 0.2) is 0 Å². The Bertz CT molecular complexity index is 910. The van der Waals surface area contributed by atoms with Crippen molar-refractivity contribution in [2.45, 2.75) is 22.8 Å². The van der Waals surface area contributed by atoms with E-state index in [1.807, 2.05) is 41.7 Å². The van der Waals surface area contributed by atoms with Crippen LogP contribution in [0, 0.1) is 0 Å². The maximum Gasteiger partial charge on any atom is 0.255 e. The number of hydrogen-bond donors (Lipinski definition) is 2. The number of carbonyl (C=O) groups is 1. The fourth-order valence-corrected chi connectivity index (χ4v) is 6.68. The van der Waals surface area contributed by atoms with E-state index >= 15 is 0 Å². The van der Waals surface area contributed by atoms with E-state index in [0.29, 0.717) is 22.4 Å². The van der Waals surface area contributed by atoms with Gasteiger partial charge in [0.05, 0.1) is 9.48 Å². The lowest BCUT2D eigenvalue weighted by atomic mass is 10.2. The minimum Gasteiger partial charge on any atom is -0.322 e. The van der Waals surface area contributed by atoms with Gasteiger partial charge in [-0.2, -0.15) is 0 Å². The first-order chi connectivity index (χ1) is 13.0. The first kappa shape index (κ1) is 20.3. The van der Waals surface area contributed by atoms with Crippen molar-refractivity contribution < 1.29 is 13.2 Å². The zero-order valence-corrected chi connectivity index (χ0v) is 17.4. The van der Waals surface area contributed by atoms with E-state index in [1.54, 1.807) is 19.1 Å². The Morgan fingerprint density at radius 2 is 1.85 bits per heavy atom. The number of carbonyl (C=O) groups excluding carboxylic acids is 1. The van der Waals surface area contributed by atoms with Gasteiger partial charge < -0.3 is 5.32 Å². The minimum atomic E-state index is -3.60. The van der Waals surface area contributed by atoms with Gasteiger partial charge in [0, 0.05) is 17.8 Å². The van der Waals surface area contributed by atoms with Crippen molar-refractivity contribution in [1.29, 1.82) is 0 Å². The smallest absolute Gasteiger partial charge is 0.255 e. The third kappa shape index (κ3) is 5.28. The van der Waals surface area contributed by atoms with Gasteiger partial charge in [0.2, 0.25) is 10.0 Å². The number of sulfonamides is 1. The maximum absolute atomic E-state index is 12.6. The molecular formula is C19H22N2O3S3. The highest BCUT2D eigenvalue weighted by molar-refractivity contribution is 8.16. The summed E-state index contributed by atoms with van der Waals surface area (Å²) in [5.41, 5.74) is 2.20. The van der Waals surface area contributed by atoms with Gasteiger partial charge in [-0.05, 0) is 53.8 Å². The Morgan fingerprint density at radius 3 is 2.59 bits per heavy atom. The quantitative estimate of drug-likeness (QED) is 0.733. The van der Waals surface area contributed by atoms with Crippen molar-refractivity contribution in [3.8, 4) is 0 Å². The molecule has 1 fully saturated rings. The SMILES string of the molecule is CCNS(=O)(=O)c1cccc(C(=O)Nc2cccc(C3SCCCS3)c2)c1. The van der Waals surface area contributed by atoms with Crippen molar-refractivity contribution in [3.63, 3.8) is 0 Å². The van der Waals surface area contributed by atoms with E-state index in [4.69, 9.17) is 0 Å². The summed E-state index contributed by atoms with van der Waals surface area (Å²) in [6, 6.07) is 13.9. The molecule has 2 N–H and O–H groups in total. The Morgan fingerprint density at radius 1 is 1.11 bits per heavy atom. The molecule has 2 aromatic rings. The Balaban J connectivity index is 1.76. The highest BCUT2D eigenvalue weighted by atomic mass is 32.2. The fraction of sp³-hybridized carbons (Fsp3) is 0.316. The van der Waals surface area contributed by atoms with Crippen LogP contribution in [-0.4, -0.2) is 32.4 Å². The van der Waals surface area contributed by atoms with E-state index < -0.39 is 10.0 Å². The van der Waals surface area contributed by atoms with E-state index in [0.717, 1.165) is 11.5 Å². The van der Waals surface area contributed by atoms with Crippen molar-refractivity contribution in [2.24, 2.45) is 0 Å². The average molecular weight is 423 g/mol. The van der Waals surface area contributed by atoms with E-state index in [-0.39, 0.29) is 10.8 Å². The Labute approximate surface area is 168 Å². The lowest BCUT2D eigenvalue weighted by molar-refractivity contribution is 0.102. The molecule has 0 atom stereocenters. The van der Waals surface area contributed by atoms with Crippen molar-refractivity contribution in [2.75, 3.05) is 23.4 Å². The first-order valence-corrected chi connectivity index (χ1v) is 12.3. The van der Waals surface area contributed by atoms with Gasteiger partial charge in [-0.3, -0.25) is 4.79 Å². The number of benzene rings is 2. The monoisotopic (exact) mass is 422 g/mol. The molecule has 1 aliphatic rings. The third-order valence-electron chi connectivity index (χ3n) is 3.98. The largest absolute Gasteiger partial charge is 0.322 e. The molecule has 0 aromatic heterocycles. The molecule has 1 amide bonds. The van der Waals surface area contributed by atoms with Crippen LogP contribution in [0.1, 0.15) is 33.8 Å². The fourth-order valence-electron chi connectivity index (χ4n) is 2.72. The Kier molecular flexibility index (Phi) is 6.86. The number of nitrogens with one attached hydrogen (secondary N) is 2. The summed E-state index contributed by atoms with van der Waals surface area (Å²) in [6.07, 6.45) is 1.23. The molecule has 27 heavy (non-hydrogen) atoms. The molecule has 5 nitrogen and oxygen atoms in total. The summed E-state index contributed by atoms with van der Waals surface area (Å²) in [4.78, 5) is 12.7.